The standard InChI is InChI=1S/2C27H40O7/c2*1-15(28)27(34-18(4)31)12-9-22-20-14-24(33-17(3)30)23-13-19(32-16(2)29)7-10-25(23,5)21(20)8-11-26(22,27)6/h2*19-24H,7-14H2,1-6H3/t2*19-,20-,21+,22+,23+,24+,25-,26+,27+/m11/s1. The van der Waals surface area contributed by atoms with Crippen molar-refractivity contribution in [3.63, 3.8) is 0 Å². The Morgan fingerprint density at radius 1 is 0.353 bits per heavy atom. The molecule has 8 fully saturated rings. The zero-order valence-corrected chi connectivity index (χ0v) is 43.0. The van der Waals surface area contributed by atoms with Crippen LogP contribution >= 0.6 is 0 Å². The van der Waals surface area contributed by atoms with Crippen LogP contribution in [0.15, 0.2) is 0 Å². The molecular formula is C54H80O14. The average molecular weight is 953 g/mol. The van der Waals surface area contributed by atoms with Crippen molar-refractivity contribution in [2.75, 3.05) is 0 Å². The molecule has 8 aliphatic carbocycles. The van der Waals surface area contributed by atoms with Gasteiger partial charge in [-0.25, -0.2) is 0 Å². The predicted octanol–water partition coefficient (Wildman–Crippen LogP) is 8.79. The molecule has 8 rings (SSSR count). The molecule has 68 heavy (non-hydrogen) atoms. The second kappa shape index (κ2) is 18.7. The van der Waals surface area contributed by atoms with Crippen LogP contribution in [-0.2, 0) is 66.8 Å². The number of ketones is 2. The van der Waals surface area contributed by atoms with Crippen LogP contribution < -0.4 is 0 Å². The summed E-state index contributed by atoms with van der Waals surface area (Å²) in [4.78, 5) is 97.5. The summed E-state index contributed by atoms with van der Waals surface area (Å²) in [7, 11) is 0. The van der Waals surface area contributed by atoms with Gasteiger partial charge in [0.15, 0.2) is 22.8 Å². The molecule has 0 spiro atoms. The Kier molecular flexibility index (Phi) is 14.3. The number of ether oxygens (including phenoxy) is 6. The van der Waals surface area contributed by atoms with Crippen molar-refractivity contribution in [3.05, 3.63) is 0 Å². The summed E-state index contributed by atoms with van der Waals surface area (Å²) in [6.07, 6.45) is 11.9. The molecule has 0 heterocycles. The van der Waals surface area contributed by atoms with Gasteiger partial charge in [-0.2, -0.15) is 0 Å². The van der Waals surface area contributed by atoms with Crippen molar-refractivity contribution in [2.45, 2.75) is 221 Å². The Hall–Kier alpha value is -3.84. The molecule has 0 aromatic heterocycles. The van der Waals surface area contributed by atoms with Crippen molar-refractivity contribution in [1.82, 2.24) is 0 Å². The SMILES string of the molecule is CC(=O)O[C@@H]1CC[C@]2(C)[C@H]3CC[C@@]4(C)[C@@H](CC[C@]4(OC(C)=O)C(C)=O)[C@@H]3C[C@H](OC(C)=O)[C@@H]2C1.CC(=O)O[C@@H]1CC[C@]2(C)[C@H]3CC[C@@]4(C)[C@@H](CC[C@]4(OC(C)=O)C(C)=O)[C@@H]3C[C@H](OC(C)=O)[C@@H]2C1. The first kappa shape index (κ1) is 52.0. The average Bonchev–Trinajstić information content (AvgIpc) is 3.69. The number of fused-ring (bicyclic) bond motifs is 10. The van der Waals surface area contributed by atoms with Crippen LogP contribution in [0.25, 0.3) is 0 Å². The first-order chi connectivity index (χ1) is 31.7. The van der Waals surface area contributed by atoms with Crippen LogP contribution in [0.2, 0.25) is 0 Å². The van der Waals surface area contributed by atoms with Gasteiger partial charge in [0, 0.05) is 64.2 Å². The second-order valence-electron chi connectivity index (χ2n) is 23.7. The maximum atomic E-state index is 13.0. The maximum absolute atomic E-state index is 13.0. The highest BCUT2D eigenvalue weighted by Crippen LogP contribution is 2.71. The third-order valence-electron chi connectivity index (χ3n) is 20.5. The molecule has 8 saturated carbocycles. The van der Waals surface area contributed by atoms with E-state index in [1.54, 1.807) is 13.8 Å². The fraction of sp³-hybridized carbons (Fsp3) is 0.852. The largest absolute Gasteiger partial charge is 0.463 e. The third kappa shape index (κ3) is 8.63. The van der Waals surface area contributed by atoms with E-state index in [1.165, 1.54) is 41.5 Å². The minimum atomic E-state index is -1.07. The number of hydrogen-bond donors (Lipinski definition) is 0. The Bertz CT molecular complexity index is 1910. The highest BCUT2D eigenvalue weighted by Gasteiger charge is 2.71. The molecule has 0 aromatic carbocycles. The monoisotopic (exact) mass is 953 g/mol. The molecular weight excluding hydrogens is 873 g/mol. The van der Waals surface area contributed by atoms with E-state index in [4.69, 9.17) is 28.4 Å². The van der Waals surface area contributed by atoms with E-state index in [1.807, 2.05) is 0 Å². The van der Waals surface area contributed by atoms with Crippen LogP contribution in [0.4, 0.5) is 0 Å². The number of esters is 6. The van der Waals surface area contributed by atoms with Gasteiger partial charge in [-0.1, -0.05) is 27.7 Å². The zero-order valence-electron chi connectivity index (χ0n) is 43.0. The highest BCUT2D eigenvalue weighted by atomic mass is 16.6. The molecule has 8 aliphatic rings. The summed E-state index contributed by atoms with van der Waals surface area (Å²) in [6, 6.07) is 0. The Balaban J connectivity index is 0.000000201. The Labute approximate surface area is 403 Å². The minimum Gasteiger partial charge on any atom is -0.463 e. The van der Waals surface area contributed by atoms with E-state index in [2.05, 4.69) is 27.7 Å². The highest BCUT2D eigenvalue weighted by molar-refractivity contribution is 5.89. The summed E-state index contributed by atoms with van der Waals surface area (Å²) in [6.45, 7) is 20.6. The van der Waals surface area contributed by atoms with E-state index in [0.717, 1.165) is 77.0 Å². The lowest BCUT2D eigenvalue weighted by Crippen LogP contribution is -2.62. The van der Waals surface area contributed by atoms with Crippen LogP contribution in [0.3, 0.4) is 0 Å². The summed E-state index contributed by atoms with van der Waals surface area (Å²) < 4.78 is 34.8. The number of carbonyl (C=O) groups is 8. The lowest BCUT2D eigenvalue weighted by Gasteiger charge is -2.63. The van der Waals surface area contributed by atoms with Crippen LogP contribution in [0.5, 0.6) is 0 Å². The fourth-order valence-corrected chi connectivity index (χ4v) is 18.0. The molecule has 0 N–H and O–H groups in total. The quantitative estimate of drug-likeness (QED) is 0.166. The Morgan fingerprint density at radius 2 is 0.676 bits per heavy atom. The van der Waals surface area contributed by atoms with Gasteiger partial charge in [0.1, 0.15) is 24.4 Å². The van der Waals surface area contributed by atoms with Gasteiger partial charge in [-0.05, 0) is 163 Å². The van der Waals surface area contributed by atoms with Crippen molar-refractivity contribution in [2.24, 2.45) is 69.0 Å². The molecule has 18 atom stereocenters. The second-order valence-corrected chi connectivity index (χ2v) is 23.7. The van der Waals surface area contributed by atoms with Crippen molar-refractivity contribution >= 4 is 47.4 Å². The van der Waals surface area contributed by atoms with E-state index in [0.29, 0.717) is 37.5 Å². The lowest BCUT2D eigenvalue weighted by molar-refractivity contribution is -0.210. The van der Waals surface area contributed by atoms with Gasteiger partial charge in [0.25, 0.3) is 0 Å². The first-order valence-electron chi connectivity index (χ1n) is 25.8. The van der Waals surface area contributed by atoms with E-state index in [9.17, 15) is 38.4 Å². The van der Waals surface area contributed by atoms with Crippen molar-refractivity contribution < 1.29 is 66.8 Å². The molecule has 0 bridgehead atoms. The van der Waals surface area contributed by atoms with Gasteiger partial charge >= 0.3 is 35.8 Å². The lowest BCUT2D eigenvalue weighted by atomic mass is 9.43. The first-order valence-corrected chi connectivity index (χ1v) is 25.8. The van der Waals surface area contributed by atoms with Gasteiger partial charge in [0.05, 0.1) is 0 Å². The normalized spacial score (nSPS) is 45.2. The molecule has 0 amide bonds. The summed E-state index contributed by atoms with van der Waals surface area (Å²) >= 11 is 0. The van der Waals surface area contributed by atoms with Crippen LogP contribution in [0, 0.1) is 69.0 Å². The topological polar surface area (TPSA) is 192 Å². The summed E-state index contributed by atoms with van der Waals surface area (Å²) in [5, 5.41) is 0. The maximum Gasteiger partial charge on any atom is 0.303 e. The summed E-state index contributed by atoms with van der Waals surface area (Å²) in [5.41, 5.74) is -3.07. The van der Waals surface area contributed by atoms with Gasteiger partial charge < -0.3 is 28.4 Å². The van der Waals surface area contributed by atoms with E-state index < -0.39 is 34.0 Å². The zero-order chi connectivity index (χ0) is 50.1. The molecule has 0 unspecified atom stereocenters. The minimum absolute atomic E-state index is 0.0378. The van der Waals surface area contributed by atoms with Gasteiger partial charge in [-0.15, -0.1) is 0 Å². The van der Waals surface area contributed by atoms with Crippen LogP contribution in [0.1, 0.15) is 186 Å². The molecule has 0 radical (unpaired) electrons. The number of Topliss-reactive ketones (excluding diaryl/α,β-unsaturated/α-hetero) is 2. The van der Waals surface area contributed by atoms with Gasteiger partial charge in [0.2, 0.25) is 0 Å². The van der Waals surface area contributed by atoms with Crippen molar-refractivity contribution in [3.8, 4) is 0 Å². The molecule has 0 aliphatic heterocycles. The van der Waals surface area contributed by atoms with Crippen molar-refractivity contribution in [1.29, 1.82) is 0 Å². The van der Waals surface area contributed by atoms with Crippen LogP contribution in [-0.4, -0.2) is 83.0 Å². The molecule has 380 valence electrons. The molecule has 14 nitrogen and oxygen atoms in total. The number of rotatable bonds is 8. The van der Waals surface area contributed by atoms with E-state index in [-0.39, 0.29) is 106 Å². The molecule has 0 aromatic rings. The summed E-state index contributed by atoms with van der Waals surface area (Å²) in [5.74, 6) is 0.0783. The van der Waals surface area contributed by atoms with Gasteiger partial charge in [-0.3, -0.25) is 38.4 Å². The number of hydrogen-bond acceptors (Lipinski definition) is 14. The third-order valence-corrected chi connectivity index (χ3v) is 20.5. The fourth-order valence-electron chi connectivity index (χ4n) is 18.0. The predicted molar refractivity (Wildman–Crippen MR) is 247 cm³/mol. The Morgan fingerprint density at radius 3 is 0.971 bits per heavy atom. The van der Waals surface area contributed by atoms with E-state index >= 15 is 0 Å². The number of carbonyl (C=O) groups excluding carboxylic acids is 8. The molecule has 14 heteroatoms. The molecule has 0 saturated heterocycles. The smallest absolute Gasteiger partial charge is 0.303 e.